The van der Waals surface area contributed by atoms with Crippen LogP contribution in [0.15, 0.2) is 4.99 Å². The fraction of sp³-hybridized carbons (Fsp3) is 0.800. The van der Waals surface area contributed by atoms with Crippen LogP contribution < -0.4 is 0 Å². The quantitative estimate of drug-likeness (QED) is 0.440. The molecular weight excluding hydrogens is 104 g/mol. The fourth-order valence-electron chi connectivity index (χ4n) is 0.660. The highest BCUT2D eigenvalue weighted by atomic mass is 16.5. The molecule has 3 heteroatoms. The van der Waals surface area contributed by atoms with Gasteiger partial charge in [0.05, 0.1) is 20.3 Å². The van der Waals surface area contributed by atoms with Gasteiger partial charge in [-0.05, 0) is 7.05 Å². The molecule has 0 aliphatic carbocycles. The van der Waals surface area contributed by atoms with Crippen LogP contribution in [0.1, 0.15) is 0 Å². The number of ether oxygens (including phenoxy) is 1. The molecule has 0 saturated carbocycles. The Bertz CT molecular complexity index is 111. The van der Waals surface area contributed by atoms with Gasteiger partial charge in [0, 0.05) is 0 Å². The van der Waals surface area contributed by atoms with Crippen molar-refractivity contribution >= 4 is 5.90 Å². The highest BCUT2D eigenvalue weighted by molar-refractivity contribution is 5.79. The van der Waals surface area contributed by atoms with Crippen molar-refractivity contribution in [3.8, 4) is 0 Å². The van der Waals surface area contributed by atoms with E-state index in [-0.39, 0.29) is 0 Å². The monoisotopic (exact) mass is 114 g/mol. The van der Waals surface area contributed by atoms with Crippen molar-refractivity contribution < 1.29 is 4.74 Å². The van der Waals surface area contributed by atoms with Crippen LogP contribution in [-0.4, -0.2) is 38.2 Å². The van der Waals surface area contributed by atoms with Gasteiger partial charge >= 0.3 is 0 Å². The Morgan fingerprint density at radius 1 is 1.75 bits per heavy atom. The zero-order chi connectivity index (χ0) is 5.98. The van der Waals surface area contributed by atoms with Crippen LogP contribution in [0.25, 0.3) is 0 Å². The summed E-state index contributed by atoms with van der Waals surface area (Å²) in [5, 5.41) is 0. The van der Waals surface area contributed by atoms with Gasteiger partial charge in [0.25, 0.3) is 0 Å². The first-order chi connectivity index (χ1) is 3.83. The number of hydrogen-bond donors (Lipinski definition) is 0. The molecule has 0 N–H and O–H groups in total. The third-order valence-electron chi connectivity index (χ3n) is 1.13. The number of nitrogens with zero attached hydrogens (tertiary/aromatic N) is 2. The number of aliphatic imine (C=N–C) groups is 1. The van der Waals surface area contributed by atoms with Gasteiger partial charge in [-0.1, -0.05) is 0 Å². The van der Waals surface area contributed by atoms with E-state index >= 15 is 0 Å². The van der Waals surface area contributed by atoms with Crippen LogP contribution in [-0.2, 0) is 4.74 Å². The van der Waals surface area contributed by atoms with E-state index in [2.05, 4.69) is 9.89 Å². The van der Waals surface area contributed by atoms with Gasteiger partial charge < -0.3 is 4.74 Å². The van der Waals surface area contributed by atoms with Gasteiger partial charge in [-0.2, -0.15) is 0 Å². The zero-order valence-corrected chi connectivity index (χ0v) is 5.22. The van der Waals surface area contributed by atoms with Crippen LogP contribution >= 0.6 is 0 Å². The van der Waals surface area contributed by atoms with Crippen LogP contribution in [0.4, 0.5) is 0 Å². The van der Waals surface area contributed by atoms with Crippen molar-refractivity contribution in [1.82, 2.24) is 4.90 Å². The van der Waals surface area contributed by atoms with Crippen molar-refractivity contribution in [3.63, 3.8) is 0 Å². The Morgan fingerprint density at radius 3 is 2.75 bits per heavy atom. The largest absolute Gasteiger partial charge is 0.483 e. The zero-order valence-electron chi connectivity index (χ0n) is 5.22. The van der Waals surface area contributed by atoms with E-state index in [4.69, 9.17) is 4.74 Å². The van der Waals surface area contributed by atoms with Crippen LogP contribution in [0.3, 0.4) is 0 Å². The molecule has 1 heterocycles. The molecule has 0 aromatic carbocycles. The summed E-state index contributed by atoms with van der Waals surface area (Å²) in [5.41, 5.74) is 0. The van der Waals surface area contributed by atoms with Crippen LogP contribution in [0.5, 0.6) is 0 Å². The average Bonchev–Trinajstić information content (AvgIpc) is 2.14. The Kier molecular flexibility index (Phi) is 1.48. The molecule has 8 heavy (non-hydrogen) atoms. The summed E-state index contributed by atoms with van der Waals surface area (Å²) in [6, 6.07) is 0. The number of rotatable bonds is 0. The third-order valence-corrected chi connectivity index (χ3v) is 1.13. The van der Waals surface area contributed by atoms with E-state index in [0.29, 0.717) is 0 Å². The van der Waals surface area contributed by atoms with E-state index in [1.165, 1.54) is 0 Å². The van der Waals surface area contributed by atoms with Gasteiger partial charge in [0.15, 0.2) is 5.90 Å². The van der Waals surface area contributed by atoms with Gasteiger partial charge in [0.1, 0.15) is 0 Å². The lowest BCUT2D eigenvalue weighted by molar-refractivity contribution is 0.369. The molecule has 0 spiro atoms. The summed E-state index contributed by atoms with van der Waals surface area (Å²) in [7, 11) is 3.66. The summed E-state index contributed by atoms with van der Waals surface area (Å²) < 4.78 is 4.89. The van der Waals surface area contributed by atoms with Gasteiger partial charge in [-0.25, -0.2) is 4.99 Å². The molecule has 0 aromatic heterocycles. The summed E-state index contributed by atoms with van der Waals surface area (Å²) in [4.78, 5) is 6.14. The first-order valence-electron chi connectivity index (χ1n) is 2.59. The molecule has 46 valence electrons. The standard InChI is InChI=1S/C5H10N2O/c1-7-3-5(8-2)6-4-7/h3-4H2,1-2H3. The van der Waals surface area contributed by atoms with Crippen LogP contribution in [0.2, 0.25) is 0 Å². The molecule has 0 aromatic rings. The normalized spacial score (nSPS) is 21.0. The highest BCUT2D eigenvalue weighted by Crippen LogP contribution is 1.95. The van der Waals surface area contributed by atoms with Crippen molar-refractivity contribution in [2.24, 2.45) is 4.99 Å². The minimum absolute atomic E-state index is 0.781. The lowest BCUT2D eigenvalue weighted by Gasteiger charge is -2.02. The predicted molar refractivity (Wildman–Crippen MR) is 31.9 cm³/mol. The minimum atomic E-state index is 0.781. The summed E-state index contributed by atoms with van der Waals surface area (Å²) in [6.07, 6.45) is 0. The highest BCUT2D eigenvalue weighted by Gasteiger charge is 2.09. The lowest BCUT2D eigenvalue weighted by atomic mass is 10.6. The second-order valence-corrected chi connectivity index (χ2v) is 1.91. The van der Waals surface area contributed by atoms with E-state index in [9.17, 15) is 0 Å². The van der Waals surface area contributed by atoms with Crippen molar-refractivity contribution in [2.45, 2.75) is 0 Å². The second-order valence-electron chi connectivity index (χ2n) is 1.91. The molecule has 3 nitrogen and oxygen atoms in total. The SMILES string of the molecule is COC1=NCN(C)C1. The smallest absolute Gasteiger partial charge is 0.198 e. The number of methoxy groups -OCH3 is 1. The first-order valence-corrected chi connectivity index (χ1v) is 2.59. The Morgan fingerprint density at radius 2 is 2.50 bits per heavy atom. The molecule has 0 saturated heterocycles. The van der Waals surface area contributed by atoms with Crippen molar-refractivity contribution in [1.29, 1.82) is 0 Å². The summed E-state index contributed by atoms with van der Waals surface area (Å²) in [6.45, 7) is 1.64. The van der Waals surface area contributed by atoms with Gasteiger partial charge in [0.2, 0.25) is 0 Å². The van der Waals surface area contributed by atoms with Crippen molar-refractivity contribution in [3.05, 3.63) is 0 Å². The molecule has 1 aliphatic heterocycles. The molecule has 1 rings (SSSR count). The van der Waals surface area contributed by atoms with Gasteiger partial charge in [-0.3, -0.25) is 4.90 Å². The maximum atomic E-state index is 4.89. The lowest BCUT2D eigenvalue weighted by Crippen LogP contribution is -2.18. The second kappa shape index (κ2) is 2.13. The van der Waals surface area contributed by atoms with E-state index < -0.39 is 0 Å². The summed E-state index contributed by atoms with van der Waals surface area (Å²) in [5.74, 6) is 0.840. The minimum Gasteiger partial charge on any atom is -0.483 e. The van der Waals surface area contributed by atoms with Gasteiger partial charge in [-0.15, -0.1) is 0 Å². The Hall–Kier alpha value is -0.570. The number of likely N-dealkylation sites (N-methyl/N-ethyl adjacent to an activating group) is 1. The van der Waals surface area contributed by atoms with Crippen LogP contribution in [0, 0.1) is 0 Å². The third kappa shape index (κ3) is 0.980. The maximum Gasteiger partial charge on any atom is 0.198 e. The average molecular weight is 114 g/mol. The molecule has 0 amide bonds. The van der Waals surface area contributed by atoms with E-state index in [1.54, 1.807) is 7.11 Å². The molecule has 1 aliphatic rings. The molecule has 0 radical (unpaired) electrons. The van der Waals surface area contributed by atoms with E-state index in [1.807, 2.05) is 7.05 Å². The Balaban J connectivity index is 2.37. The molecule has 0 unspecified atom stereocenters. The van der Waals surface area contributed by atoms with Crippen molar-refractivity contribution in [2.75, 3.05) is 27.4 Å². The fourth-order valence-corrected chi connectivity index (χ4v) is 0.660. The predicted octanol–water partition coefficient (Wildman–Crippen LogP) is -0.0658. The molecular formula is C5H10N2O. The first kappa shape index (κ1) is 5.56. The summed E-state index contributed by atoms with van der Waals surface area (Å²) >= 11 is 0. The molecule has 0 atom stereocenters. The number of hydrogen-bond acceptors (Lipinski definition) is 3. The molecule has 0 fully saturated rings. The topological polar surface area (TPSA) is 24.8 Å². The van der Waals surface area contributed by atoms with E-state index in [0.717, 1.165) is 19.1 Å². The molecule has 0 bridgehead atoms. The Labute approximate surface area is 49.0 Å². The maximum absolute atomic E-state index is 4.89.